The lowest BCUT2D eigenvalue weighted by molar-refractivity contribution is 0.414. The van der Waals surface area contributed by atoms with Gasteiger partial charge in [-0.05, 0) is 54.4 Å². The smallest absolute Gasteiger partial charge is 0.263 e. The quantitative estimate of drug-likeness (QED) is 0.639. The lowest BCUT2D eigenvalue weighted by atomic mass is 10.1. The maximum atomic E-state index is 12.5. The number of nitrogens with one attached hydrogen (secondary N) is 2. The van der Waals surface area contributed by atoms with Gasteiger partial charge in [0.05, 0.1) is 23.9 Å². The molecule has 2 N–H and O–H groups in total. The minimum absolute atomic E-state index is 0.143. The maximum absolute atomic E-state index is 12.5. The van der Waals surface area contributed by atoms with Crippen molar-refractivity contribution in [2.45, 2.75) is 18.2 Å². The molecule has 0 aliphatic carbocycles. The van der Waals surface area contributed by atoms with Gasteiger partial charge < -0.3 is 10.1 Å². The van der Waals surface area contributed by atoms with Crippen LogP contribution in [0.3, 0.4) is 0 Å². The van der Waals surface area contributed by atoms with Gasteiger partial charge in [0.2, 0.25) is 0 Å². The third-order valence-electron chi connectivity index (χ3n) is 4.05. The van der Waals surface area contributed by atoms with Crippen LogP contribution in [0.2, 0.25) is 0 Å². The number of aryl methyl sites for hydroxylation is 1. The first-order chi connectivity index (χ1) is 13.0. The SMILES string of the molecule is CCc1ccccc1Nc1ccc(NS(=O)(=O)c2ccc(OC)cc2)nc1. The van der Waals surface area contributed by atoms with E-state index in [1.54, 1.807) is 30.5 Å². The number of hydrogen-bond donors (Lipinski definition) is 2. The number of hydrogen-bond acceptors (Lipinski definition) is 5. The van der Waals surface area contributed by atoms with Crippen molar-refractivity contribution in [3.05, 3.63) is 72.4 Å². The topological polar surface area (TPSA) is 80.3 Å². The predicted molar refractivity (Wildman–Crippen MR) is 107 cm³/mol. The van der Waals surface area contributed by atoms with E-state index in [4.69, 9.17) is 4.74 Å². The van der Waals surface area contributed by atoms with Gasteiger partial charge in [-0.25, -0.2) is 13.4 Å². The van der Waals surface area contributed by atoms with E-state index in [0.717, 1.165) is 17.8 Å². The van der Waals surface area contributed by atoms with Crippen molar-refractivity contribution in [3.63, 3.8) is 0 Å². The van der Waals surface area contributed by atoms with E-state index in [1.807, 2.05) is 18.2 Å². The van der Waals surface area contributed by atoms with Gasteiger partial charge in [0.15, 0.2) is 0 Å². The Labute approximate surface area is 159 Å². The van der Waals surface area contributed by atoms with E-state index < -0.39 is 10.0 Å². The van der Waals surface area contributed by atoms with E-state index in [1.165, 1.54) is 24.8 Å². The van der Waals surface area contributed by atoms with Crippen LogP contribution in [0.15, 0.2) is 71.8 Å². The third-order valence-corrected chi connectivity index (χ3v) is 5.42. The fourth-order valence-corrected chi connectivity index (χ4v) is 3.59. The van der Waals surface area contributed by atoms with Crippen LogP contribution in [0.1, 0.15) is 12.5 Å². The molecule has 0 bridgehead atoms. The number of aromatic nitrogens is 1. The van der Waals surface area contributed by atoms with Crippen molar-refractivity contribution in [1.82, 2.24) is 4.98 Å². The number of pyridine rings is 1. The molecule has 0 spiro atoms. The molecule has 0 radical (unpaired) electrons. The molecule has 3 aromatic rings. The summed E-state index contributed by atoms with van der Waals surface area (Å²) in [4.78, 5) is 4.34. The summed E-state index contributed by atoms with van der Waals surface area (Å²) in [5.41, 5.74) is 2.98. The highest BCUT2D eigenvalue weighted by atomic mass is 32.2. The number of methoxy groups -OCH3 is 1. The molecule has 6 nitrogen and oxygen atoms in total. The molecular formula is C20H21N3O3S. The summed E-state index contributed by atoms with van der Waals surface area (Å²) < 4.78 is 32.4. The van der Waals surface area contributed by atoms with Crippen LogP contribution in [0.5, 0.6) is 5.75 Å². The number of rotatable bonds is 7. The van der Waals surface area contributed by atoms with E-state index in [-0.39, 0.29) is 10.7 Å². The van der Waals surface area contributed by atoms with Gasteiger partial charge in [0, 0.05) is 5.69 Å². The molecule has 140 valence electrons. The lowest BCUT2D eigenvalue weighted by Gasteiger charge is -2.12. The highest BCUT2D eigenvalue weighted by Gasteiger charge is 2.15. The van der Waals surface area contributed by atoms with Crippen LogP contribution in [0.25, 0.3) is 0 Å². The molecule has 3 rings (SSSR count). The van der Waals surface area contributed by atoms with Crippen molar-refractivity contribution in [1.29, 1.82) is 0 Å². The second-order valence-corrected chi connectivity index (χ2v) is 7.53. The summed E-state index contributed by atoms with van der Waals surface area (Å²) in [5, 5.41) is 3.30. The normalized spacial score (nSPS) is 11.0. The van der Waals surface area contributed by atoms with E-state index in [0.29, 0.717) is 5.75 Å². The number of para-hydroxylation sites is 1. The monoisotopic (exact) mass is 383 g/mol. The molecule has 0 aliphatic heterocycles. The minimum Gasteiger partial charge on any atom is -0.497 e. The van der Waals surface area contributed by atoms with E-state index >= 15 is 0 Å². The maximum Gasteiger partial charge on any atom is 0.263 e. The van der Waals surface area contributed by atoms with Gasteiger partial charge in [-0.3, -0.25) is 4.72 Å². The zero-order valence-electron chi connectivity index (χ0n) is 15.1. The van der Waals surface area contributed by atoms with Gasteiger partial charge in [0.25, 0.3) is 10.0 Å². The Balaban J connectivity index is 1.73. The highest BCUT2D eigenvalue weighted by Crippen LogP contribution is 2.22. The number of benzene rings is 2. The molecule has 0 fully saturated rings. The molecule has 0 amide bonds. The number of sulfonamides is 1. The second kappa shape index (κ2) is 8.09. The van der Waals surface area contributed by atoms with E-state index in [2.05, 4.69) is 28.0 Å². The van der Waals surface area contributed by atoms with Gasteiger partial charge in [0.1, 0.15) is 11.6 Å². The molecule has 27 heavy (non-hydrogen) atoms. The zero-order chi connectivity index (χ0) is 19.3. The Bertz CT molecular complexity index is 1000. The van der Waals surface area contributed by atoms with Gasteiger partial charge in [-0.1, -0.05) is 25.1 Å². The molecule has 0 saturated carbocycles. The van der Waals surface area contributed by atoms with Crippen molar-refractivity contribution in [3.8, 4) is 5.75 Å². The largest absolute Gasteiger partial charge is 0.497 e. The Kier molecular flexibility index (Phi) is 5.61. The third kappa shape index (κ3) is 4.57. The Morgan fingerprint density at radius 3 is 2.37 bits per heavy atom. The van der Waals surface area contributed by atoms with Gasteiger partial charge in [-0.2, -0.15) is 0 Å². The second-order valence-electron chi connectivity index (χ2n) is 5.85. The van der Waals surface area contributed by atoms with Crippen molar-refractivity contribution in [2.24, 2.45) is 0 Å². The van der Waals surface area contributed by atoms with Crippen LogP contribution in [-0.4, -0.2) is 20.5 Å². The molecular weight excluding hydrogens is 362 g/mol. The summed E-state index contributed by atoms with van der Waals surface area (Å²) >= 11 is 0. The van der Waals surface area contributed by atoms with Crippen LogP contribution < -0.4 is 14.8 Å². The standard InChI is InChI=1S/C20H21N3O3S/c1-3-15-6-4-5-7-19(15)22-16-8-13-20(21-14-16)23-27(24,25)18-11-9-17(26-2)10-12-18/h4-14,22H,3H2,1-2H3,(H,21,23). The molecule has 0 atom stereocenters. The Morgan fingerprint density at radius 2 is 1.74 bits per heavy atom. The minimum atomic E-state index is -3.71. The number of ether oxygens (including phenoxy) is 1. The summed E-state index contributed by atoms with van der Waals surface area (Å²) in [7, 11) is -2.18. The molecule has 0 unspecified atom stereocenters. The highest BCUT2D eigenvalue weighted by molar-refractivity contribution is 7.92. The number of nitrogens with zero attached hydrogens (tertiary/aromatic N) is 1. The molecule has 1 heterocycles. The summed E-state index contributed by atoms with van der Waals surface area (Å²) in [6.45, 7) is 2.09. The fraction of sp³-hybridized carbons (Fsp3) is 0.150. The molecule has 0 aliphatic rings. The molecule has 1 aromatic heterocycles. The van der Waals surface area contributed by atoms with Crippen LogP contribution >= 0.6 is 0 Å². The fourth-order valence-electron chi connectivity index (χ4n) is 2.59. The summed E-state index contributed by atoms with van der Waals surface area (Å²) in [6.07, 6.45) is 2.51. The van der Waals surface area contributed by atoms with Crippen LogP contribution in [-0.2, 0) is 16.4 Å². The van der Waals surface area contributed by atoms with Crippen molar-refractivity contribution < 1.29 is 13.2 Å². The Hall–Kier alpha value is -3.06. The number of anilines is 3. The van der Waals surface area contributed by atoms with Crippen LogP contribution in [0.4, 0.5) is 17.2 Å². The Morgan fingerprint density at radius 1 is 1.00 bits per heavy atom. The summed E-state index contributed by atoms with van der Waals surface area (Å²) in [5.74, 6) is 0.843. The van der Waals surface area contributed by atoms with E-state index in [9.17, 15) is 8.42 Å². The molecule has 7 heteroatoms. The first-order valence-corrected chi connectivity index (χ1v) is 9.98. The van der Waals surface area contributed by atoms with Gasteiger partial charge >= 0.3 is 0 Å². The van der Waals surface area contributed by atoms with Gasteiger partial charge in [-0.15, -0.1) is 0 Å². The van der Waals surface area contributed by atoms with Crippen LogP contribution in [0, 0.1) is 0 Å². The zero-order valence-corrected chi connectivity index (χ0v) is 16.0. The first kappa shape index (κ1) is 18.7. The molecule has 0 saturated heterocycles. The first-order valence-electron chi connectivity index (χ1n) is 8.49. The molecule has 2 aromatic carbocycles. The average molecular weight is 383 g/mol. The van der Waals surface area contributed by atoms with Crippen molar-refractivity contribution >= 4 is 27.2 Å². The lowest BCUT2D eigenvalue weighted by Crippen LogP contribution is -2.13. The summed E-state index contributed by atoms with van der Waals surface area (Å²) in [6, 6.07) is 17.6. The predicted octanol–water partition coefficient (Wildman–Crippen LogP) is 4.20. The average Bonchev–Trinajstić information content (AvgIpc) is 2.70. The van der Waals surface area contributed by atoms with Crippen molar-refractivity contribution in [2.75, 3.05) is 17.1 Å².